The minimum atomic E-state index is 0.187. The number of carbonyl (C=O) groups excluding carboxylic acids is 1. The van der Waals surface area contributed by atoms with Gasteiger partial charge in [-0.1, -0.05) is 29.3 Å². The van der Waals surface area contributed by atoms with Crippen molar-refractivity contribution in [3.05, 3.63) is 69.5 Å². The van der Waals surface area contributed by atoms with E-state index in [2.05, 4.69) is 23.5 Å². The van der Waals surface area contributed by atoms with Crippen LogP contribution in [0.25, 0.3) is 5.57 Å². The van der Waals surface area contributed by atoms with Crippen LogP contribution in [0.1, 0.15) is 35.2 Å². The molecule has 1 aromatic heterocycles. The van der Waals surface area contributed by atoms with Crippen molar-refractivity contribution in [2.45, 2.75) is 25.7 Å². The first kappa shape index (κ1) is 19.6. The van der Waals surface area contributed by atoms with Crippen molar-refractivity contribution in [3.63, 3.8) is 0 Å². The third-order valence-corrected chi connectivity index (χ3v) is 6.74. The molecule has 2 amide bonds. The molecule has 2 fully saturated rings. The topological polar surface area (TPSA) is 48.5 Å². The van der Waals surface area contributed by atoms with E-state index in [1.54, 1.807) is 0 Å². The van der Waals surface area contributed by atoms with E-state index >= 15 is 0 Å². The predicted molar refractivity (Wildman–Crippen MR) is 120 cm³/mol. The second-order valence-corrected chi connectivity index (χ2v) is 8.73. The Morgan fingerprint density at radius 1 is 0.933 bits per heavy atom. The van der Waals surface area contributed by atoms with Crippen molar-refractivity contribution in [2.75, 3.05) is 39.3 Å². The predicted octanol–water partition coefficient (Wildman–Crippen LogP) is 3.76. The number of pyridine rings is 1. The molecule has 2 aliphatic heterocycles. The third-order valence-electron chi connectivity index (χ3n) is 6.51. The molecule has 2 aromatic rings. The highest BCUT2D eigenvalue weighted by atomic mass is 35.5. The van der Waals surface area contributed by atoms with Gasteiger partial charge in [0.15, 0.2) is 0 Å². The van der Waals surface area contributed by atoms with E-state index < -0.39 is 0 Å². The third kappa shape index (κ3) is 3.72. The monoisotopic (exact) mass is 422 g/mol. The maximum absolute atomic E-state index is 12.9. The molecule has 2 saturated heterocycles. The van der Waals surface area contributed by atoms with Gasteiger partial charge in [0.2, 0.25) is 0 Å². The van der Waals surface area contributed by atoms with Crippen LogP contribution in [0.15, 0.2) is 42.1 Å². The number of benzene rings is 1. The Bertz CT molecular complexity index is 986. The number of nitrogens with one attached hydrogen (secondary N) is 1. The summed E-state index contributed by atoms with van der Waals surface area (Å²) in [7, 11) is 0. The summed E-state index contributed by atoms with van der Waals surface area (Å²) in [6, 6.07) is 10.7. The van der Waals surface area contributed by atoms with Crippen molar-refractivity contribution in [1.82, 2.24) is 20.1 Å². The second-order valence-electron chi connectivity index (χ2n) is 8.30. The van der Waals surface area contributed by atoms with E-state index in [1.807, 2.05) is 28.1 Å². The van der Waals surface area contributed by atoms with E-state index in [9.17, 15) is 4.79 Å². The summed E-state index contributed by atoms with van der Waals surface area (Å²) in [5.74, 6) is 0. The minimum absolute atomic E-state index is 0.187. The SMILES string of the molecule is O=C(N1CCNCC1)N1CCC(=C2c3ccc(Cl)cc3CCc3cccnc32)CC1. The van der Waals surface area contributed by atoms with Gasteiger partial charge in [0, 0.05) is 56.1 Å². The Hall–Kier alpha value is -2.37. The van der Waals surface area contributed by atoms with E-state index in [-0.39, 0.29) is 6.03 Å². The molecule has 0 saturated carbocycles. The Morgan fingerprint density at radius 2 is 1.67 bits per heavy atom. The number of urea groups is 1. The largest absolute Gasteiger partial charge is 0.324 e. The molecule has 6 heteroatoms. The van der Waals surface area contributed by atoms with E-state index in [0.717, 1.165) is 75.7 Å². The van der Waals surface area contributed by atoms with Crippen LogP contribution in [0.2, 0.25) is 5.02 Å². The molecule has 1 N–H and O–H groups in total. The van der Waals surface area contributed by atoms with Crippen LogP contribution >= 0.6 is 11.6 Å². The number of hydrogen-bond donors (Lipinski definition) is 1. The van der Waals surface area contributed by atoms with E-state index in [0.29, 0.717) is 0 Å². The molecule has 5 rings (SSSR count). The fraction of sp³-hybridized carbons (Fsp3) is 0.417. The molecule has 0 unspecified atom stereocenters. The molecule has 0 bridgehead atoms. The lowest BCUT2D eigenvalue weighted by molar-refractivity contribution is 0.143. The Balaban J connectivity index is 1.47. The minimum Gasteiger partial charge on any atom is -0.324 e. The average Bonchev–Trinajstić information content (AvgIpc) is 2.96. The van der Waals surface area contributed by atoms with Crippen molar-refractivity contribution in [2.24, 2.45) is 0 Å². The molecule has 0 radical (unpaired) electrons. The number of aromatic nitrogens is 1. The molecule has 3 heterocycles. The molecule has 156 valence electrons. The van der Waals surface area contributed by atoms with Crippen LogP contribution in [-0.2, 0) is 12.8 Å². The van der Waals surface area contributed by atoms with Crippen molar-refractivity contribution in [3.8, 4) is 0 Å². The first-order valence-electron chi connectivity index (χ1n) is 10.9. The van der Waals surface area contributed by atoms with Gasteiger partial charge in [0.25, 0.3) is 0 Å². The Morgan fingerprint density at radius 3 is 2.47 bits per heavy atom. The van der Waals surface area contributed by atoms with Gasteiger partial charge < -0.3 is 15.1 Å². The molecular formula is C24H27ClN4O. The molecule has 30 heavy (non-hydrogen) atoms. The quantitative estimate of drug-likeness (QED) is 0.703. The molecule has 0 atom stereocenters. The van der Waals surface area contributed by atoms with Gasteiger partial charge in [-0.2, -0.15) is 0 Å². The van der Waals surface area contributed by atoms with Gasteiger partial charge in [0.05, 0.1) is 5.69 Å². The van der Waals surface area contributed by atoms with Gasteiger partial charge in [-0.05, 0) is 60.6 Å². The number of piperazine rings is 1. The molecule has 1 aromatic carbocycles. The van der Waals surface area contributed by atoms with Crippen LogP contribution in [0.3, 0.4) is 0 Å². The number of aryl methyl sites for hydroxylation is 2. The molecule has 0 spiro atoms. The zero-order valence-electron chi connectivity index (χ0n) is 17.2. The lowest BCUT2D eigenvalue weighted by atomic mass is 9.88. The summed E-state index contributed by atoms with van der Waals surface area (Å²) in [5, 5.41) is 4.10. The van der Waals surface area contributed by atoms with Crippen molar-refractivity contribution >= 4 is 23.2 Å². The summed E-state index contributed by atoms with van der Waals surface area (Å²) >= 11 is 6.32. The van der Waals surface area contributed by atoms with Gasteiger partial charge in [-0.3, -0.25) is 4.98 Å². The van der Waals surface area contributed by atoms with Gasteiger partial charge in [-0.15, -0.1) is 0 Å². The fourth-order valence-corrected chi connectivity index (χ4v) is 5.10. The first-order chi connectivity index (χ1) is 14.7. The van der Waals surface area contributed by atoms with Crippen LogP contribution in [-0.4, -0.2) is 60.1 Å². The zero-order chi connectivity index (χ0) is 20.5. The number of nitrogens with zero attached hydrogens (tertiary/aromatic N) is 3. The maximum Gasteiger partial charge on any atom is 0.320 e. The number of amides is 2. The summed E-state index contributed by atoms with van der Waals surface area (Å²) in [5.41, 5.74) is 7.63. The Labute approximate surface area is 182 Å². The second kappa shape index (κ2) is 8.40. The van der Waals surface area contributed by atoms with Gasteiger partial charge in [-0.25, -0.2) is 4.79 Å². The van der Waals surface area contributed by atoms with Crippen LogP contribution in [0.4, 0.5) is 4.79 Å². The summed E-state index contributed by atoms with van der Waals surface area (Å²) < 4.78 is 0. The maximum atomic E-state index is 12.9. The normalized spacial score (nSPS) is 19.2. The lowest BCUT2D eigenvalue weighted by Gasteiger charge is -2.36. The van der Waals surface area contributed by atoms with Crippen LogP contribution < -0.4 is 5.32 Å². The first-order valence-corrected chi connectivity index (χ1v) is 11.3. The molecular weight excluding hydrogens is 396 g/mol. The summed E-state index contributed by atoms with van der Waals surface area (Å²) in [4.78, 5) is 21.7. The smallest absolute Gasteiger partial charge is 0.320 e. The van der Waals surface area contributed by atoms with Gasteiger partial charge >= 0.3 is 6.03 Å². The number of fused-ring (bicyclic) bond motifs is 2. The summed E-state index contributed by atoms with van der Waals surface area (Å²) in [6.45, 7) is 4.91. The highest BCUT2D eigenvalue weighted by molar-refractivity contribution is 6.30. The number of hydrogen-bond acceptors (Lipinski definition) is 3. The molecule has 3 aliphatic rings. The van der Waals surface area contributed by atoms with E-state index in [1.165, 1.54) is 27.8 Å². The number of carbonyl (C=O) groups is 1. The fourth-order valence-electron chi connectivity index (χ4n) is 4.91. The number of rotatable bonds is 0. The number of likely N-dealkylation sites (tertiary alicyclic amines) is 1. The number of piperidine rings is 1. The van der Waals surface area contributed by atoms with Crippen molar-refractivity contribution in [1.29, 1.82) is 0 Å². The lowest BCUT2D eigenvalue weighted by Crippen LogP contribution is -2.52. The highest BCUT2D eigenvalue weighted by Gasteiger charge is 2.28. The van der Waals surface area contributed by atoms with Gasteiger partial charge in [0.1, 0.15) is 0 Å². The highest BCUT2D eigenvalue weighted by Crippen LogP contribution is 2.38. The standard InChI is InChI=1S/C24H27ClN4O/c25-20-5-6-21-19(16-20)4-3-18-2-1-9-27-23(18)22(21)17-7-12-28(13-8-17)24(30)29-14-10-26-11-15-29/h1-2,5-6,9,16,26H,3-4,7-8,10-15H2. The van der Waals surface area contributed by atoms with Crippen LogP contribution in [0.5, 0.6) is 0 Å². The summed E-state index contributed by atoms with van der Waals surface area (Å²) in [6.07, 6.45) is 5.62. The van der Waals surface area contributed by atoms with E-state index in [4.69, 9.17) is 16.6 Å². The molecule has 5 nitrogen and oxygen atoms in total. The van der Waals surface area contributed by atoms with Crippen molar-refractivity contribution < 1.29 is 4.79 Å². The number of halogens is 1. The average molecular weight is 423 g/mol. The van der Waals surface area contributed by atoms with Crippen LogP contribution in [0, 0.1) is 0 Å². The molecule has 1 aliphatic carbocycles. The Kier molecular flexibility index (Phi) is 5.48. The zero-order valence-corrected chi connectivity index (χ0v) is 17.9.